The van der Waals surface area contributed by atoms with Gasteiger partial charge in [-0.15, -0.1) is 11.3 Å². The number of aryl methyl sites for hydroxylation is 2. The molecule has 2 aromatic heterocycles. The first kappa shape index (κ1) is 16.6. The molecular formula is C15H22N4O2S. The molecule has 0 saturated heterocycles. The highest BCUT2D eigenvalue weighted by Crippen LogP contribution is 2.18. The second-order valence-electron chi connectivity index (χ2n) is 5.10. The Labute approximate surface area is 134 Å². The van der Waals surface area contributed by atoms with Crippen LogP contribution in [0, 0.1) is 6.92 Å². The van der Waals surface area contributed by atoms with Gasteiger partial charge in [0.05, 0.1) is 13.2 Å². The molecule has 0 aliphatic rings. The van der Waals surface area contributed by atoms with E-state index in [4.69, 9.17) is 4.74 Å². The van der Waals surface area contributed by atoms with E-state index in [1.807, 2.05) is 4.90 Å². The molecule has 0 unspecified atom stereocenters. The minimum Gasteiger partial charge on any atom is -0.383 e. The van der Waals surface area contributed by atoms with E-state index >= 15 is 0 Å². The number of carbonyl (C=O) groups excluding carboxylic acids is 1. The van der Waals surface area contributed by atoms with Crippen LogP contribution in [0.4, 0.5) is 0 Å². The second kappa shape index (κ2) is 8.65. The molecule has 0 spiro atoms. The van der Waals surface area contributed by atoms with Gasteiger partial charge in [-0.05, 0) is 30.4 Å². The summed E-state index contributed by atoms with van der Waals surface area (Å²) in [5.41, 5.74) is 1.24. The largest absolute Gasteiger partial charge is 0.383 e. The normalized spacial score (nSPS) is 10.8. The zero-order chi connectivity index (χ0) is 15.8. The molecule has 0 aliphatic carbocycles. The van der Waals surface area contributed by atoms with E-state index in [2.05, 4.69) is 28.5 Å². The second-order valence-corrected chi connectivity index (χ2v) is 6.10. The summed E-state index contributed by atoms with van der Waals surface area (Å²) in [5, 5.41) is 6.11. The highest BCUT2D eigenvalue weighted by Gasteiger charge is 2.15. The van der Waals surface area contributed by atoms with Crippen molar-refractivity contribution < 1.29 is 9.53 Å². The maximum absolute atomic E-state index is 12.4. The summed E-state index contributed by atoms with van der Waals surface area (Å²) < 4.78 is 6.87. The molecule has 2 heterocycles. The highest BCUT2D eigenvalue weighted by atomic mass is 32.1. The molecule has 0 bridgehead atoms. The molecule has 0 aromatic carbocycles. The van der Waals surface area contributed by atoms with Gasteiger partial charge in [0.1, 0.15) is 12.7 Å². The van der Waals surface area contributed by atoms with Crippen LogP contribution in [-0.2, 0) is 22.6 Å². The Morgan fingerprint density at radius 3 is 3.00 bits per heavy atom. The summed E-state index contributed by atoms with van der Waals surface area (Å²) in [6.45, 7) is 4.63. The monoisotopic (exact) mass is 322 g/mol. The Morgan fingerprint density at radius 1 is 1.50 bits per heavy atom. The van der Waals surface area contributed by atoms with Crippen LogP contribution in [0.15, 0.2) is 24.1 Å². The van der Waals surface area contributed by atoms with Gasteiger partial charge in [-0.2, -0.15) is 5.10 Å². The van der Waals surface area contributed by atoms with Crippen molar-refractivity contribution >= 4 is 17.2 Å². The number of rotatable bonds is 9. The van der Waals surface area contributed by atoms with E-state index in [9.17, 15) is 4.79 Å². The lowest BCUT2D eigenvalue weighted by Gasteiger charge is -2.22. The average molecular weight is 322 g/mol. The SMILES string of the molecule is COCCN(Cc1sccc1C)C(=O)CCCn1cncn1. The standard InChI is InChI=1S/C15H22N4O2S/c1-13-5-9-22-14(13)10-18(7-8-21-2)15(20)4-3-6-19-12-16-11-17-19/h5,9,11-12H,3-4,6-8,10H2,1-2H3. The van der Waals surface area contributed by atoms with Crippen LogP contribution in [0.3, 0.4) is 0 Å². The fourth-order valence-electron chi connectivity index (χ4n) is 2.13. The van der Waals surface area contributed by atoms with Crippen molar-refractivity contribution in [1.29, 1.82) is 0 Å². The van der Waals surface area contributed by atoms with Crippen molar-refractivity contribution in [2.45, 2.75) is 32.9 Å². The number of thiophene rings is 1. The maximum Gasteiger partial charge on any atom is 0.223 e. The molecule has 7 heteroatoms. The van der Waals surface area contributed by atoms with Gasteiger partial charge < -0.3 is 9.64 Å². The molecule has 1 amide bonds. The number of hydrogen-bond donors (Lipinski definition) is 0. The fourth-order valence-corrected chi connectivity index (χ4v) is 3.05. The third kappa shape index (κ3) is 4.92. The number of hydrogen-bond acceptors (Lipinski definition) is 5. The topological polar surface area (TPSA) is 60.2 Å². The predicted octanol–water partition coefficient (Wildman–Crippen LogP) is 2.10. The van der Waals surface area contributed by atoms with Gasteiger partial charge in [-0.25, -0.2) is 4.98 Å². The molecule has 22 heavy (non-hydrogen) atoms. The van der Waals surface area contributed by atoms with Crippen LogP contribution < -0.4 is 0 Å². The Kier molecular flexibility index (Phi) is 6.54. The third-order valence-corrected chi connectivity index (χ3v) is 4.47. The van der Waals surface area contributed by atoms with Crippen LogP contribution in [-0.4, -0.2) is 45.8 Å². The Balaban J connectivity index is 1.86. The molecule has 0 radical (unpaired) electrons. The van der Waals surface area contributed by atoms with Gasteiger partial charge in [0.2, 0.25) is 5.91 Å². The zero-order valence-electron chi connectivity index (χ0n) is 13.1. The average Bonchev–Trinajstić information content (AvgIpc) is 3.15. The van der Waals surface area contributed by atoms with Crippen LogP contribution in [0.1, 0.15) is 23.3 Å². The van der Waals surface area contributed by atoms with Gasteiger partial charge in [0.25, 0.3) is 0 Å². The number of carbonyl (C=O) groups is 1. The highest BCUT2D eigenvalue weighted by molar-refractivity contribution is 7.10. The van der Waals surface area contributed by atoms with Gasteiger partial charge >= 0.3 is 0 Å². The molecule has 0 N–H and O–H groups in total. The Hall–Kier alpha value is -1.73. The number of nitrogens with zero attached hydrogens (tertiary/aromatic N) is 4. The number of methoxy groups -OCH3 is 1. The maximum atomic E-state index is 12.4. The molecule has 0 atom stereocenters. The lowest BCUT2D eigenvalue weighted by molar-refractivity contribution is -0.132. The zero-order valence-corrected chi connectivity index (χ0v) is 13.9. The Bertz CT molecular complexity index is 568. The molecule has 0 saturated carbocycles. The lowest BCUT2D eigenvalue weighted by Crippen LogP contribution is -2.33. The van der Waals surface area contributed by atoms with E-state index in [0.717, 1.165) is 6.42 Å². The Morgan fingerprint density at radius 2 is 2.36 bits per heavy atom. The minimum absolute atomic E-state index is 0.157. The molecule has 6 nitrogen and oxygen atoms in total. The molecule has 0 fully saturated rings. The number of aromatic nitrogens is 3. The first-order valence-corrected chi connectivity index (χ1v) is 8.20. The molecule has 2 aromatic rings. The van der Waals surface area contributed by atoms with Crippen LogP contribution in [0.2, 0.25) is 0 Å². The summed E-state index contributed by atoms with van der Waals surface area (Å²) in [4.78, 5) is 19.5. The van der Waals surface area contributed by atoms with E-state index in [1.54, 1.807) is 29.5 Å². The first-order chi connectivity index (χ1) is 10.7. The molecule has 120 valence electrons. The van der Waals surface area contributed by atoms with E-state index in [-0.39, 0.29) is 5.91 Å². The first-order valence-electron chi connectivity index (χ1n) is 7.33. The van der Waals surface area contributed by atoms with E-state index in [0.29, 0.717) is 32.7 Å². The number of amides is 1. The van der Waals surface area contributed by atoms with Gasteiger partial charge in [-0.1, -0.05) is 0 Å². The smallest absolute Gasteiger partial charge is 0.223 e. The summed E-state index contributed by atoms with van der Waals surface area (Å²) in [6.07, 6.45) is 4.44. The van der Waals surface area contributed by atoms with Crippen molar-refractivity contribution in [2.24, 2.45) is 0 Å². The summed E-state index contributed by atoms with van der Waals surface area (Å²) in [5.74, 6) is 0.157. The van der Waals surface area contributed by atoms with Crippen molar-refractivity contribution in [1.82, 2.24) is 19.7 Å². The minimum atomic E-state index is 0.157. The number of ether oxygens (including phenoxy) is 1. The summed E-state index contributed by atoms with van der Waals surface area (Å²) in [7, 11) is 1.66. The van der Waals surface area contributed by atoms with E-state index < -0.39 is 0 Å². The van der Waals surface area contributed by atoms with Crippen LogP contribution in [0.25, 0.3) is 0 Å². The fraction of sp³-hybridized carbons (Fsp3) is 0.533. The van der Waals surface area contributed by atoms with Crippen molar-refractivity contribution in [3.8, 4) is 0 Å². The van der Waals surface area contributed by atoms with Crippen molar-refractivity contribution in [2.75, 3.05) is 20.3 Å². The molecule has 2 rings (SSSR count). The van der Waals surface area contributed by atoms with Gasteiger partial charge in [0, 0.05) is 31.5 Å². The van der Waals surface area contributed by atoms with Gasteiger partial charge in [0.15, 0.2) is 0 Å². The van der Waals surface area contributed by atoms with Crippen LogP contribution >= 0.6 is 11.3 Å². The van der Waals surface area contributed by atoms with Gasteiger partial charge in [-0.3, -0.25) is 9.48 Å². The van der Waals surface area contributed by atoms with Crippen molar-refractivity contribution in [3.63, 3.8) is 0 Å². The predicted molar refractivity (Wildman–Crippen MR) is 85.6 cm³/mol. The quantitative estimate of drug-likeness (QED) is 0.709. The summed E-state index contributed by atoms with van der Waals surface area (Å²) in [6, 6.07) is 2.09. The third-order valence-electron chi connectivity index (χ3n) is 3.47. The molecule has 0 aliphatic heterocycles. The summed E-state index contributed by atoms with van der Waals surface area (Å²) >= 11 is 1.69. The molecular weight excluding hydrogens is 300 g/mol. The van der Waals surface area contributed by atoms with Crippen LogP contribution in [0.5, 0.6) is 0 Å². The van der Waals surface area contributed by atoms with E-state index in [1.165, 1.54) is 16.8 Å². The lowest BCUT2D eigenvalue weighted by atomic mass is 10.2. The van der Waals surface area contributed by atoms with Crippen molar-refractivity contribution in [3.05, 3.63) is 34.5 Å².